The van der Waals surface area contributed by atoms with Crippen molar-refractivity contribution in [1.82, 2.24) is 0 Å². The second-order valence-corrected chi connectivity index (χ2v) is 5.56. The lowest BCUT2D eigenvalue weighted by Gasteiger charge is -2.32. The highest BCUT2D eigenvalue weighted by Gasteiger charge is 2.38. The van der Waals surface area contributed by atoms with Gasteiger partial charge in [-0.05, 0) is 24.6 Å². The Bertz CT molecular complexity index is 788. The van der Waals surface area contributed by atoms with Gasteiger partial charge in [0.2, 0.25) is 0 Å². The van der Waals surface area contributed by atoms with Crippen LogP contribution >= 0.6 is 0 Å². The molecule has 0 aliphatic carbocycles. The summed E-state index contributed by atoms with van der Waals surface area (Å²) < 4.78 is 59.8. The second-order valence-electron chi connectivity index (χ2n) is 5.56. The molecule has 1 heterocycles. The quantitative estimate of drug-likeness (QED) is 0.732. The molecular formula is C17H18F3NO6. The first kappa shape index (κ1) is 20.6. The Morgan fingerprint density at radius 1 is 1.11 bits per heavy atom. The van der Waals surface area contributed by atoms with Gasteiger partial charge in [0.25, 0.3) is 0 Å². The van der Waals surface area contributed by atoms with E-state index in [0.29, 0.717) is 0 Å². The number of aryl methyl sites for hydroxylation is 1. The van der Waals surface area contributed by atoms with Gasteiger partial charge in [0, 0.05) is 5.69 Å². The first-order valence-electron chi connectivity index (χ1n) is 7.66. The highest BCUT2D eigenvalue weighted by Crippen LogP contribution is 2.41. The molecule has 0 atom stereocenters. The molecule has 1 aliphatic rings. The van der Waals surface area contributed by atoms with Crippen molar-refractivity contribution >= 4 is 17.6 Å². The fourth-order valence-electron chi connectivity index (χ4n) is 2.74. The number of hydrogen-bond acceptors (Lipinski definition) is 7. The van der Waals surface area contributed by atoms with Crippen molar-refractivity contribution in [2.24, 2.45) is 0 Å². The molecule has 148 valence electrons. The van der Waals surface area contributed by atoms with E-state index in [-0.39, 0.29) is 41.6 Å². The SMILES string of the molecule is COC(=O)C1=C(C(=O)OC)N(c2cc(C)c(OC)c(C(F)(F)F)c2)COC1. The van der Waals surface area contributed by atoms with Crippen molar-refractivity contribution in [2.75, 3.05) is 39.6 Å². The van der Waals surface area contributed by atoms with Crippen LogP contribution in [-0.2, 0) is 30.0 Å². The van der Waals surface area contributed by atoms with Crippen molar-refractivity contribution < 1.29 is 41.7 Å². The number of methoxy groups -OCH3 is 3. The first-order valence-corrected chi connectivity index (χ1v) is 7.66. The molecule has 0 aromatic heterocycles. The zero-order chi connectivity index (χ0) is 20.4. The molecule has 1 aromatic rings. The normalized spacial score (nSPS) is 14.9. The lowest BCUT2D eigenvalue weighted by molar-refractivity contribution is -0.140. The topological polar surface area (TPSA) is 74.3 Å². The molecule has 0 spiro atoms. The lowest BCUT2D eigenvalue weighted by atomic mass is 10.1. The van der Waals surface area contributed by atoms with Gasteiger partial charge < -0.3 is 23.8 Å². The Morgan fingerprint density at radius 3 is 2.26 bits per heavy atom. The second kappa shape index (κ2) is 7.87. The van der Waals surface area contributed by atoms with Crippen LogP contribution in [0.3, 0.4) is 0 Å². The smallest absolute Gasteiger partial charge is 0.420 e. The van der Waals surface area contributed by atoms with Crippen LogP contribution in [-0.4, -0.2) is 46.6 Å². The average molecular weight is 389 g/mol. The van der Waals surface area contributed by atoms with E-state index in [1.54, 1.807) is 0 Å². The number of anilines is 1. The van der Waals surface area contributed by atoms with E-state index < -0.39 is 23.7 Å². The van der Waals surface area contributed by atoms with Crippen LogP contribution in [0.4, 0.5) is 18.9 Å². The molecule has 10 heteroatoms. The molecule has 0 bridgehead atoms. The number of rotatable bonds is 4. The van der Waals surface area contributed by atoms with E-state index in [1.165, 1.54) is 13.0 Å². The number of carbonyl (C=O) groups excluding carboxylic acids is 2. The zero-order valence-electron chi connectivity index (χ0n) is 15.1. The molecule has 27 heavy (non-hydrogen) atoms. The van der Waals surface area contributed by atoms with Crippen molar-refractivity contribution in [3.05, 3.63) is 34.5 Å². The van der Waals surface area contributed by atoms with Crippen molar-refractivity contribution in [3.63, 3.8) is 0 Å². The summed E-state index contributed by atoms with van der Waals surface area (Å²) >= 11 is 0. The van der Waals surface area contributed by atoms with E-state index >= 15 is 0 Å². The van der Waals surface area contributed by atoms with Crippen LogP contribution in [0.2, 0.25) is 0 Å². The van der Waals surface area contributed by atoms with Crippen LogP contribution in [0.25, 0.3) is 0 Å². The molecule has 0 amide bonds. The monoisotopic (exact) mass is 389 g/mol. The van der Waals surface area contributed by atoms with E-state index in [2.05, 4.69) is 4.74 Å². The Morgan fingerprint density at radius 2 is 1.74 bits per heavy atom. The average Bonchev–Trinajstić information content (AvgIpc) is 2.64. The minimum Gasteiger partial charge on any atom is -0.496 e. The summed E-state index contributed by atoms with van der Waals surface area (Å²) in [5.74, 6) is -2.08. The zero-order valence-corrected chi connectivity index (χ0v) is 15.1. The Hall–Kier alpha value is -2.75. The van der Waals surface area contributed by atoms with Gasteiger partial charge in [-0.3, -0.25) is 0 Å². The molecule has 2 rings (SSSR count). The summed E-state index contributed by atoms with van der Waals surface area (Å²) in [6.45, 7) is 0.938. The third-order valence-corrected chi connectivity index (χ3v) is 3.91. The standard InChI is InChI=1S/C17H18F3NO6/c1-9-5-10(6-12(14(9)24-2)17(18,19)20)21-8-27-7-11(15(22)25-3)13(21)16(23)26-4/h5-6H,7-8H2,1-4H3. The molecule has 7 nitrogen and oxygen atoms in total. The van der Waals surface area contributed by atoms with E-state index in [4.69, 9.17) is 14.2 Å². The number of nitrogens with zero attached hydrogens (tertiary/aromatic N) is 1. The summed E-state index contributed by atoms with van der Waals surface area (Å²) in [7, 11) is 3.34. The Kier molecular flexibility index (Phi) is 5.99. The molecular weight excluding hydrogens is 371 g/mol. The molecule has 0 saturated heterocycles. The van der Waals surface area contributed by atoms with Crippen LogP contribution < -0.4 is 9.64 Å². The van der Waals surface area contributed by atoms with Crippen LogP contribution in [0.15, 0.2) is 23.4 Å². The van der Waals surface area contributed by atoms with Crippen LogP contribution in [0, 0.1) is 6.92 Å². The number of carbonyl (C=O) groups is 2. The summed E-state index contributed by atoms with van der Waals surface area (Å²) in [4.78, 5) is 25.3. The Labute approximate surface area is 153 Å². The van der Waals surface area contributed by atoms with E-state index in [0.717, 1.165) is 32.3 Å². The van der Waals surface area contributed by atoms with Gasteiger partial charge in [-0.25, -0.2) is 9.59 Å². The first-order chi connectivity index (χ1) is 12.6. The van der Waals surface area contributed by atoms with Gasteiger partial charge in [-0.15, -0.1) is 0 Å². The molecule has 0 radical (unpaired) electrons. The maximum atomic E-state index is 13.4. The van der Waals surface area contributed by atoms with E-state index in [9.17, 15) is 22.8 Å². The van der Waals surface area contributed by atoms with Gasteiger partial charge in [0.15, 0.2) is 0 Å². The van der Waals surface area contributed by atoms with Gasteiger partial charge in [0.05, 0.1) is 39.1 Å². The molecule has 0 fully saturated rings. The predicted octanol–water partition coefficient (Wildman–Crippen LogP) is 2.42. The van der Waals surface area contributed by atoms with Crippen LogP contribution in [0.1, 0.15) is 11.1 Å². The third kappa shape index (κ3) is 4.00. The highest BCUT2D eigenvalue weighted by molar-refractivity contribution is 6.03. The fraction of sp³-hybridized carbons (Fsp3) is 0.412. The van der Waals surface area contributed by atoms with Gasteiger partial charge in [-0.1, -0.05) is 0 Å². The predicted molar refractivity (Wildman–Crippen MR) is 87.1 cm³/mol. The number of ether oxygens (including phenoxy) is 4. The van der Waals surface area contributed by atoms with Gasteiger partial charge in [0.1, 0.15) is 18.2 Å². The molecule has 0 unspecified atom stereocenters. The third-order valence-electron chi connectivity index (χ3n) is 3.91. The number of halogens is 3. The Balaban J connectivity index is 2.69. The minimum absolute atomic E-state index is 0.0119. The number of hydrogen-bond donors (Lipinski definition) is 0. The van der Waals surface area contributed by atoms with E-state index in [1.807, 2.05) is 0 Å². The number of benzene rings is 1. The van der Waals surface area contributed by atoms with Crippen LogP contribution in [0.5, 0.6) is 5.75 Å². The summed E-state index contributed by atoms with van der Waals surface area (Å²) in [6, 6.07) is 2.21. The molecule has 1 aromatic carbocycles. The number of esters is 2. The van der Waals surface area contributed by atoms with Gasteiger partial charge >= 0.3 is 18.1 Å². The molecule has 1 aliphatic heterocycles. The van der Waals surface area contributed by atoms with Crippen molar-refractivity contribution in [3.8, 4) is 5.75 Å². The lowest BCUT2D eigenvalue weighted by Crippen LogP contribution is -2.39. The fourth-order valence-corrected chi connectivity index (χ4v) is 2.74. The van der Waals surface area contributed by atoms with Crippen molar-refractivity contribution in [2.45, 2.75) is 13.1 Å². The highest BCUT2D eigenvalue weighted by atomic mass is 19.4. The summed E-state index contributed by atoms with van der Waals surface area (Å²) in [5, 5.41) is 0. The minimum atomic E-state index is -4.69. The maximum Gasteiger partial charge on any atom is 0.420 e. The largest absolute Gasteiger partial charge is 0.496 e. The summed E-state index contributed by atoms with van der Waals surface area (Å²) in [6.07, 6.45) is -4.69. The summed E-state index contributed by atoms with van der Waals surface area (Å²) in [5.41, 5.74) is -1.24. The number of alkyl halides is 3. The molecule has 0 saturated carbocycles. The van der Waals surface area contributed by atoms with Gasteiger partial charge in [-0.2, -0.15) is 13.2 Å². The van der Waals surface area contributed by atoms with Crippen molar-refractivity contribution in [1.29, 1.82) is 0 Å². The molecule has 0 N–H and O–H groups in total. The maximum absolute atomic E-state index is 13.4.